The minimum atomic E-state index is 0.673. The summed E-state index contributed by atoms with van der Waals surface area (Å²) in [6, 6.07) is 2.08. The van der Waals surface area contributed by atoms with E-state index >= 15 is 0 Å². The first kappa shape index (κ1) is 11.3. The zero-order chi connectivity index (χ0) is 12.4. The van der Waals surface area contributed by atoms with E-state index in [9.17, 15) is 0 Å². The maximum Gasteiger partial charge on any atom is 0.171 e. The molecule has 0 spiro atoms. The highest BCUT2D eigenvalue weighted by molar-refractivity contribution is 5.21. The fourth-order valence-electron chi connectivity index (χ4n) is 1.87. The molecule has 0 unspecified atom stereocenters. The Labute approximate surface area is 106 Å². The molecule has 1 aliphatic carbocycles. The zero-order valence-corrected chi connectivity index (χ0v) is 10.5. The lowest BCUT2D eigenvalue weighted by atomic mass is 10.3. The van der Waals surface area contributed by atoms with Crippen molar-refractivity contribution in [2.75, 3.05) is 6.54 Å². The molecule has 5 nitrogen and oxygen atoms in total. The van der Waals surface area contributed by atoms with Gasteiger partial charge in [0.15, 0.2) is 5.82 Å². The van der Waals surface area contributed by atoms with Gasteiger partial charge in [-0.05, 0) is 25.5 Å². The Hall–Kier alpha value is -1.75. The van der Waals surface area contributed by atoms with Crippen LogP contribution in [0.15, 0.2) is 24.7 Å². The van der Waals surface area contributed by atoms with Gasteiger partial charge in [-0.15, -0.1) is 0 Å². The van der Waals surface area contributed by atoms with Gasteiger partial charge in [-0.1, -0.05) is 6.92 Å². The summed E-state index contributed by atoms with van der Waals surface area (Å²) in [5, 5.41) is 7.76. The predicted molar refractivity (Wildman–Crippen MR) is 68.5 cm³/mol. The fourth-order valence-corrected chi connectivity index (χ4v) is 1.87. The smallest absolute Gasteiger partial charge is 0.171 e. The molecule has 0 saturated heterocycles. The van der Waals surface area contributed by atoms with Crippen molar-refractivity contribution in [1.82, 2.24) is 25.1 Å². The van der Waals surface area contributed by atoms with Crippen molar-refractivity contribution < 1.29 is 0 Å². The van der Waals surface area contributed by atoms with Crippen molar-refractivity contribution in [2.45, 2.75) is 32.2 Å². The van der Waals surface area contributed by atoms with E-state index in [1.165, 1.54) is 18.5 Å². The van der Waals surface area contributed by atoms with Crippen LogP contribution in [0.4, 0.5) is 0 Å². The molecule has 2 aromatic heterocycles. The Morgan fingerprint density at radius 3 is 2.89 bits per heavy atom. The molecule has 2 aromatic rings. The molecule has 94 valence electrons. The molecule has 0 atom stereocenters. The van der Waals surface area contributed by atoms with Crippen molar-refractivity contribution in [3.05, 3.63) is 36.0 Å². The van der Waals surface area contributed by atoms with Gasteiger partial charge in [0.1, 0.15) is 0 Å². The van der Waals surface area contributed by atoms with E-state index in [1.54, 1.807) is 17.1 Å². The summed E-state index contributed by atoms with van der Waals surface area (Å²) in [4.78, 5) is 8.77. The first-order chi connectivity index (χ1) is 8.86. The number of nitrogens with one attached hydrogen (secondary N) is 1. The number of hydrogen-bond acceptors (Lipinski definition) is 4. The summed E-state index contributed by atoms with van der Waals surface area (Å²) in [5.41, 5.74) is 2.13. The van der Waals surface area contributed by atoms with Crippen molar-refractivity contribution >= 4 is 0 Å². The highest BCUT2D eigenvalue weighted by atomic mass is 15.3. The van der Waals surface area contributed by atoms with E-state index in [0.29, 0.717) is 5.92 Å². The molecule has 18 heavy (non-hydrogen) atoms. The van der Waals surface area contributed by atoms with Gasteiger partial charge < -0.3 is 5.32 Å². The Morgan fingerprint density at radius 1 is 1.33 bits per heavy atom. The van der Waals surface area contributed by atoms with E-state index in [-0.39, 0.29) is 0 Å². The lowest BCUT2D eigenvalue weighted by Crippen LogP contribution is -2.13. The topological polar surface area (TPSA) is 55.6 Å². The Bertz CT molecular complexity index is 512. The van der Waals surface area contributed by atoms with Crippen LogP contribution >= 0.6 is 0 Å². The van der Waals surface area contributed by atoms with E-state index in [2.05, 4.69) is 33.4 Å². The first-order valence-electron chi connectivity index (χ1n) is 6.44. The van der Waals surface area contributed by atoms with Crippen LogP contribution in [0.5, 0.6) is 0 Å². The van der Waals surface area contributed by atoms with Crippen LogP contribution in [0.1, 0.15) is 37.1 Å². The SMILES string of the molecule is CCNCc1cnc(-n2ccc(C3CC3)n2)cn1. The molecule has 1 N–H and O–H groups in total. The van der Waals surface area contributed by atoms with Gasteiger partial charge in [0, 0.05) is 18.7 Å². The minimum absolute atomic E-state index is 0.673. The summed E-state index contributed by atoms with van der Waals surface area (Å²) in [6.45, 7) is 3.77. The van der Waals surface area contributed by atoms with E-state index in [4.69, 9.17) is 0 Å². The predicted octanol–water partition coefficient (Wildman–Crippen LogP) is 1.65. The van der Waals surface area contributed by atoms with Gasteiger partial charge in [0.25, 0.3) is 0 Å². The number of hydrogen-bond donors (Lipinski definition) is 1. The third-order valence-electron chi connectivity index (χ3n) is 3.09. The van der Waals surface area contributed by atoms with Crippen LogP contribution in [0.2, 0.25) is 0 Å². The number of rotatable bonds is 5. The lowest BCUT2D eigenvalue weighted by Gasteiger charge is -2.03. The Morgan fingerprint density at radius 2 is 2.22 bits per heavy atom. The largest absolute Gasteiger partial charge is 0.311 e. The molecule has 1 aliphatic rings. The summed E-state index contributed by atoms with van der Waals surface area (Å²) < 4.78 is 1.80. The van der Waals surface area contributed by atoms with Crippen molar-refractivity contribution in [3.63, 3.8) is 0 Å². The molecule has 5 heteroatoms. The van der Waals surface area contributed by atoms with Crippen molar-refractivity contribution in [1.29, 1.82) is 0 Å². The standard InChI is InChI=1S/C13H17N5/c1-2-14-7-11-8-16-13(9-15-11)18-6-5-12(17-18)10-3-4-10/h5-6,8-10,14H,2-4,7H2,1H3. The van der Waals surface area contributed by atoms with Crippen molar-refractivity contribution in [2.24, 2.45) is 0 Å². The van der Waals surface area contributed by atoms with E-state index in [1.807, 2.05) is 6.20 Å². The molecule has 1 saturated carbocycles. The Balaban J connectivity index is 1.74. The normalized spacial score (nSPS) is 14.9. The second-order valence-electron chi connectivity index (χ2n) is 4.61. The lowest BCUT2D eigenvalue weighted by molar-refractivity contribution is 0.702. The number of nitrogens with zero attached hydrogens (tertiary/aromatic N) is 4. The van der Waals surface area contributed by atoms with Gasteiger partial charge in [-0.2, -0.15) is 5.10 Å². The first-order valence-corrected chi connectivity index (χ1v) is 6.44. The molecule has 1 fully saturated rings. The summed E-state index contributed by atoms with van der Waals surface area (Å²) >= 11 is 0. The van der Waals surface area contributed by atoms with Crippen LogP contribution in [-0.4, -0.2) is 26.3 Å². The van der Waals surface area contributed by atoms with Crippen molar-refractivity contribution in [3.8, 4) is 5.82 Å². The average molecular weight is 243 g/mol. The van der Waals surface area contributed by atoms with Crippen LogP contribution in [0, 0.1) is 0 Å². The molecule has 3 rings (SSSR count). The number of aromatic nitrogens is 4. The molecule has 0 radical (unpaired) electrons. The van der Waals surface area contributed by atoms with E-state index < -0.39 is 0 Å². The monoisotopic (exact) mass is 243 g/mol. The van der Waals surface area contributed by atoms with Crippen LogP contribution < -0.4 is 5.32 Å². The quantitative estimate of drug-likeness (QED) is 0.867. The van der Waals surface area contributed by atoms with E-state index in [0.717, 1.165) is 24.6 Å². The Kier molecular flexibility index (Phi) is 3.06. The molecular weight excluding hydrogens is 226 g/mol. The third kappa shape index (κ3) is 2.41. The molecule has 0 aromatic carbocycles. The molecular formula is C13H17N5. The fraction of sp³-hybridized carbons (Fsp3) is 0.462. The maximum atomic E-state index is 4.53. The second-order valence-corrected chi connectivity index (χ2v) is 4.61. The van der Waals surface area contributed by atoms with Gasteiger partial charge in [-0.3, -0.25) is 4.98 Å². The molecule has 0 aliphatic heterocycles. The highest BCUT2D eigenvalue weighted by Crippen LogP contribution is 2.38. The summed E-state index contributed by atoms with van der Waals surface area (Å²) in [6.07, 6.45) is 8.07. The van der Waals surface area contributed by atoms with Gasteiger partial charge >= 0.3 is 0 Å². The van der Waals surface area contributed by atoms with Crippen LogP contribution in [-0.2, 0) is 6.54 Å². The van der Waals surface area contributed by atoms with Crippen LogP contribution in [0.25, 0.3) is 5.82 Å². The summed E-state index contributed by atoms with van der Waals surface area (Å²) in [7, 11) is 0. The molecule has 2 heterocycles. The molecule has 0 amide bonds. The average Bonchev–Trinajstić information content (AvgIpc) is 3.15. The minimum Gasteiger partial charge on any atom is -0.311 e. The highest BCUT2D eigenvalue weighted by Gasteiger charge is 2.25. The van der Waals surface area contributed by atoms with Gasteiger partial charge in [0.05, 0.1) is 23.8 Å². The summed E-state index contributed by atoms with van der Waals surface area (Å²) in [5.74, 6) is 1.45. The second kappa shape index (κ2) is 4.86. The molecule has 0 bridgehead atoms. The van der Waals surface area contributed by atoms with Gasteiger partial charge in [-0.25, -0.2) is 9.67 Å². The zero-order valence-electron chi connectivity index (χ0n) is 10.5. The van der Waals surface area contributed by atoms with Gasteiger partial charge in [0.2, 0.25) is 0 Å². The third-order valence-corrected chi connectivity index (χ3v) is 3.09. The van der Waals surface area contributed by atoms with Crippen LogP contribution in [0.3, 0.4) is 0 Å². The maximum absolute atomic E-state index is 4.53.